The predicted octanol–water partition coefficient (Wildman–Crippen LogP) is 1.59. The number of nitrogens with zero attached hydrogens (tertiary/aromatic N) is 2. The zero-order valence-corrected chi connectivity index (χ0v) is 13.8. The number of hydrogen-bond acceptors (Lipinski definition) is 5. The van der Waals surface area contributed by atoms with Crippen LogP contribution in [0.4, 0.5) is 0 Å². The zero-order chi connectivity index (χ0) is 16.9. The number of nitrogens with one attached hydrogen (secondary N) is 1. The maximum Gasteiger partial charge on any atom is 0.270 e. The van der Waals surface area contributed by atoms with Crippen LogP contribution in [0, 0.1) is 0 Å². The third-order valence-corrected chi connectivity index (χ3v) is 4.12. The van der Waals surface area contributed by atoms with E-state index in [-0.39, 0.29) is 12.2 Å². The molecule has 0 saturated carbocycles. The Morgan fingerprint density at radius 3 is 2.78 bits per heavy atom. The first-order valence-corrected chi connectivity index (χ1v) is 7.83. The first-order chi connectivity index (χ1) is 10.9. The summed E-state index contributed by atoms with van der Waals surface area (Å²) in [6.45, 7) is 9.79. The lowest BCUT2D eigenvalue weighted by atomic mass is 9.92. The Morgan fingerprint density at radius 2 is 2.22 bits per heavy atom. The fraction of sp³-hybridized carbons (Fsp3) is 0.529. The van der Waals surface area contributed by atoms with Gasteiger partial charge in [0.15, 0.2) is 0 Å². The maximum atomic E-state index is 11.7. The van der Waals surface area contributed by atoms with E-state index in [1.54, 1.807) is 12.3 Å². The van der Waals surface area contributed by atoms with Crippen molar-refractivity contribution in [1.82, 2.24) is 14.9 Å². The SMILES string of the molecule is C=CC(OCC1(O)CCN(Cc2ncc[nH]c2=O)CC1)=C(C)C. The van der Waals surface area contributed by atoms with Gasteiger partial charge in [-0.15, -0.1) is 0 Å². The lowest BCUT2D eigenvalue weighted by Gasteiger charge is -2.37. The van der Waals surface area contributed by atoms with Crippen molar-refractivity contribution in [3.8, 4) is 0 Å². The maximum absolute atomic E-state index is 11.7. The van der Waals surface area contributed by atoms with Crippen molar-refractivity contribution in [1.29, 1.82) is 0 Å². The van der Waals surface area contributed by atoms with Gasteiger partial charge < -0.3 is 14.8 Å². The standard InChI is InChI=1S/C17H25N3O3/c1-4-15(13(2)3)23-12-17(22)5-9-20(10-6-17)11-14-16(21)19-8-7-18-14/h4,7-8,22H,1,5-6,9-12H2,2-3H3,(H,19,21). The van der Waals surface area contributed by atoms with Crippen molar-refractivity contribution >= 4 is 0 Å². The first kappa shape index (κ1) is 17.4. The van der Waals surface area contributed by atoms with Gasteiger partial charge in [-0.25, -0.2) is 0 Å². The molecule has 6 nitrogen and oxygen atoms in total. The highest BCUT2D eigenvalue weighted by Crippen LogP contribution is 2.24. The number of aliphatic hydroxyl groups is 1. The average Bonchev–Trinajstić information content (AvgIpc) is 2.52. The summed E-state index contributed by atoms with van der Waals surface area (Å²) >= 11 is 0. The Labute approximate surface area is 136 Å². The molecule has 2 rings (SSSR count). The van der Waals surface area contributed by atoms with Crippen LogP contribution in [0.1, 0.15) is 32.4 Å². The number of piperidine rings is 1. The number of ether oxygens (including phenoxy) is 1. The molecule has 0 aromatic carbocycles. The van der Waals surface area contributed by atoms with E-state index in [1.165, 1.54) is 6.20 Å². The summed E-state index contributed by atoms with van der Waals surface area (Å²) < 4.78 is 5.69. The highest BCUT2D eigenvalue weighted by atomic mass is 16.5. The van der Waals surface area contributed by atoms with E-state index in [0.29, 0.717) is 38.2 Å². The van der Waals surface area contributed by atoms with Gasteiger partial charge in [0, 0.05) is 32.0 Å². The molecular weight excluding hydrogens is 294 g/mol. The first-order valence-electron chi connectivity index (χ1n) is 7.83. The third-order valence-electron chi connectivity index (χ3n) is 4.12. The molecule has 0 amide bonds. The van der Waals surface area contributed by atoms with Crippen molar-refractivity contribution < 1.29 is 9.84 Å². The molecule has 1 aromatic rings. The summed E-state index contributed by atoms with van der Waals surface area (Å²) in [4.78, 5) is 20.5. The molecule has 0 spiro atoms. The Balaban J connectivity index is 1.87. The molecule has 0 atom stereocenters. The summed E-state index contributed by atoms with van der Waals surface area (Å²) in [5, 5.41) is 10.6. The number of aromatic nitrogens is 2. The van der Waals surface area contributed by atoms with Gasteiger partial charge in [-0.2, -0.15) is 0 Å². The second kappa shape index (κ2) is 7.57. The van der Waals surface area contributed by atoms with Crippen LogP contribution in [0.5, 0.6) is 0 Å². The quantitative estimate of drug-likeness (QED) is 0.615. The van der Waals surface area contributed by atoms with Crippen molar-refractivity contribution in [3.05, 3.63) is 52.4 Å². The largest absolute Gasteiger partial charge is 0.491 e. The summed E-state index contributed by atoms with van der Waals surface area (Å²) in [7, 11) is 0. The van der Waals surface area contributed by atoms with E-state index in [0.717, 1.165) is 11.3 Å². The summed E-state index contributed by atoms with van der Waals surface area (Å²) in [5.74, 6) is 0.723. The fourth-order valence-electron chi connectivity index (χ4n) is 2.60. The van der Waals surface area contributed by atoms with E-state index < -0.39 is 5.60 Å². The van der Waals surface area contributed by atoms with Crippen LogP contribution in [-0.2, 0) is 11.3 Å². The van der Waals surface area contributed by atoms with Crippen LogP contribution in [0.2, 0.25) is 0 Å². The van der Waals surface area contributed by atoms with Gasteiger partial charge in [-0.1, -0.05) is 6.58 Å². The van der Waals surface area contributed by atoms with E-state index in [9.17, 15) is 9.90 Å². The Morgan fingerprint density at radius 1 is 1.52 bits per heavy atom. The third kappa shape index (κ3) is 4.77. The number of rotatable bonds is 6. The molecule has 0 aliphatic carbocycles. The van der Waals surface area contributed by atoms with Crippen LogP contribution in [0.3, 0.4) is 0 Å². The summed E-state index contributed by atoms with van der Waals surface area (Å²) in [6, 6.07) is 0. The molecule has 6 heteroatoms. The lowest BCUT2D eigenvalue weighted by molar-refractivity contribution is -0.0677. The smallest absolute Gasteiger partial charge is 0.270 e. The summed E-state index contributed by atoms with van der Waals surface area (Å²) in [5.41, 5.74) is 0.551. The number of aromatic amines is 1. The minimum atomic E-state index is -0.837. The van der Waals surface area contributed by atoms with Crippen molar-refractivity contribution in [2.45, 2.75) is 38.8 Å². The zero-order valence-electron chi connectivity index (χ0n) is 13.8. The molecule has 126 valence electrons. The Kier molecular flexibility index (Phi) is 5.74. The molecule has 1 fully saturated rings. The van der Waals surface area contributed by atoms with Crippen LogP contribution in [-0.4, -0.2) is 45.3 Å². The fourth-order valence-corrected chi connectivity index (χ4v) is 2.60. The highest BCUT2D eigenvalue weighted by Gasteiger charge is 2.33. The van der Waals surface area contributed by atoms with Crippen LogP contribution in [0.25, 0.3) is 0 Å². The monoisotopic (exact) mass is 319 g/mol. The van der Waals surface area contributed by atoms with Crippen molar-refractivity contribution in [2.75, 3.05) is 19.7 Å². The molecule has 1 aliphatic heterocycles. The second-order valence-corrected chi connectivity index (χ2v) is 6.22. The van der Waals surface area contributed by atoms with E-state index in [2.05, 4.69) is 21.4 Å². The molecule has 1 aliphatic rings. The van der Waals surface area contributed by atoms with Crippen LogP contribution < -0.4 is 5.56 Å². The molecule has 1 saturated heterocycles. The minimum absolute atomic E-state index is 0.157. The molecule has 23 heavy (non-hydrogen) atoms. The van der Waals surface area contributed by atoms with E-state index in [1.807, 2.05) is 13.8 Å². The van der Waals surface area contributed by atoms with Gasteiger partial charge in [0.25, 0.3) is 5.56 Å². The Hall–Kier alpha value is -1.92. The van der Waals surface area contributed by atoms with Gasteiger partial charge in [-0.05, 0) is 38.3 Å². The van der Waals surface area contributed by atoms with Crippen molar-refractivity contribution in [2.24, 2.45) is 0 Å². The Bertz CT molecular complexity index is 624. The molecule has 0 bridgehead atoms. The van der Waals surface area contributed by atoms with Crippen molar-refractivity contribution in [3.63, 3.8) is 0 Å². The topological polar surface area (TPSA) is 78.5 Å². The molecule has 2 heterocycles. The highest BCUT2D eigenvalue weighted by molar-refractivity contribution is 5.15. The minimum Gasteiger partial charge on any atom is -0.491 e. The normalized spacial score (nSPS) is 17.5. The molecule has 1 aromatic heterocycles. The lowest BCUT2D eigenvalue weighted by Crippen LogP contribution is -2.47. The van der Waals surface area contributed by atoms with Gasteiger partial charge >= 0.3 is 0 Å². The van der Waals surface area contributed by atoms with Gasteiger partial charge in [0.05, 0.1) is 0 Å². The van der Waals surface area contributed by atoms with E-state index in [4.69, 9.17) is 4.74 Å². The van der Waals surface area contributed by atoms with Crippen LogP contribution >= 0.6 is 0 Å². The molecule has 0 radical (unpaired) electrons. The van der Waals surface area contributed by atoms with Gasteiger partial charge in [0.2, 0.25) is 0 Å². The average molecular weight is 319 g/mol. The summed E-state index contributed by atoms with van der Waals surface area (Å²) in [6.07, 6.45) is 5.98. The molecular formula is C17H25N3O3. The second-order valence-electron chi connectivity index (χ2n) is 6.22. The molecule has 2 N–H and O–H groups in total. The van der Waals surface area contributed by atoms with E-state index >= 15 is 0 Å². The number of H-pyrrole nitrogens is 1. The predicted molar refractivity (Wildman–Crippen MR) is 88.8 cm³/mol. The molecule has 0 unspecified atom stereocenters. The number of hydrogen-bond donors (Lipinski definition) is 2. The number of likely N-dealkylation sites (tertiary alicyclic amines) is 1. The van der Waals surface area contributed by atoms with Gasteiger partial charge in [-0.3, -0.25) is 14.7 Å². The van der Waals surface area contributed by atoms with Gasteiger partial charge in [0.1, 0.15) is 23.7 Å². The number of allylic oxidation sites excluding steroid dienone is 2. The van der Waals surface area contributed by atoms with Crippen LogP contribution in [0.15, 0.2) is 41.2 Å².